The molecule has 0 saturated heterocycles. The molecule has 0 aromatic heterocycles. The van der Waals surface area contributed by atoms with Crippen molar-refractivity contribution < 1.29 is 80.9 Å². The van der Waals surface area contributed by atoms with Crippen LogP contribution in [0.4, 0.5) is 0 Å². The maximum absolute atomic E-state index is 2.16. The van der Waals surface area contributed by atoms with Gasteiger partial charge < -0.3 is 0 Å². The second-order valence-corrected chi connectivity index (χ2v) is 8.95. The zero-order valence-electron chi connectivity index (χ0n) is 23.3. The van der Waals surface area contributed by atoms with E-state index in [1.807, 2.05) is 0 Å². The summed E-state index contributed by atoms with van der Waals surface area (Å²) in [5.41, 5.74) is 7.50. The van der Waals surface area contributed by atoms with E-state index in [0.29, 0.717) is 0 Å². The van der Waals surface area contributed by atoms with E-state index in [0.717, 1.165) is 0 Å². The monoisotopic (exact) mass is 548 g/mol. The Labute approximate surface area is 304 Å². The van der Waals surface area contributed by atoms with Gasteiger partial charge in [-0.15, -0.1) is 0 Å². The van der Waals surface area contributed by atoms with Crippen molar-refractivity contribution in [2.24, 2.45) is 0 Å². The topological polar surface area (TPSA) is 0 Å². The first-order valence-corrected chi connectivity index (χ1v) is 13.0. The Balaban J connectivity index is 0.000000210. The minimum atomic E-state index is 0. The van der Waals surface area contributed by atoms with Crippen LogP contribution in [0.15, 0.2) is 182 Å². The predicted molar refractivity (Wildman–Crippen MR) is 160 cm³/mol. The van der Waals surface area contributed by atoms with Gasteiger partial charge in [-0.3, -0.25) is 0 Å². The molecule has 6 aromatic rings. The van der Waals surface area contributed by atoms with Gasteiger partial charge in [0.1, 0.15) is 0 Å². The van der Waals surface area contributed by atoms with Crippen LogP contribution in [0.25, 0.3) is 0 Å². The third kappa shape index (κ3) is 8.85. The van der Waals surface area contributed by atoms with Crippen molar-refractivity contribution >= 4 is 0 Å². The van der Waals surface area contributed by atoms with Crippen molar-refractivity contribution in [2.45, 2.75) is 0 Å². The van der Waals surface area contributed by atoms with Crippen LogP contribution >= 0.6 is 0 Å². The van der Waals surface area contributed by atoms with Gasteiger partial charge in [0, 0.05) is 0 Å². The third-order valence-corrected chi connectivity index (χ3v) is 6.37. The molecule has 2 heteroatoms. The molecule has 0 nitrogen and oxygen atoms in total. The van der Waals surface area contributed by atoms with Gasteiger partial charge in [-0.05, 0) is 0 Å². The number of benzene rings is 6. The maximum atomic E-state index is 2.16. The maximum Gasteiger partial charge on any atom is 1.00 e. The van der Waals surface area contributed by atoms with Gasteiger partial charge in [-0.2, -0.15) is 0 Å². The molecule has 0 aliphatic rings. The van der Waals surface area contributed by atoms with Crippen molar-refractivity contribution in [2.75, 3.05) is 0 Å². The van der Waals surface area contributed by atoms with Crippen LogP contribution in [0.5, 0.6) is 0 Å². The summed E-state index contributed by atoms with van der Waals surface area (Å²) in [4.78, 5) is 0. The summed E-state index contributed by atoms with van der Waals surface area (Å²) in [5, 5.41) is 0. The fourth-order valence-corrected chi connectivity index (χ4v) is 4.63. The number of rotatable bonds is 6. The molecular formula is C38H30KNa. The van der Waals surface area contributed by atoms with E-state index in [2.05, 4.69) is 182 Å². The van der Waals surface area contributed by atoms with Crippen LogP contribution < -0.4 is 80.9 Å². The summed E-state index contributed by atoms with van der Waals surface area (Å²) in [6, 6.07) is 63.3. The zero-order valence-corrected chi connectivity index (χ0v) is 28.4. The molecule has 40 heavy (non-hydrogen) atoms. The second-order valence-electron chi connectivity index (χ2n) is 8.95. The molecule has 0 radical (unpaired) electrons. The van der Waals surface area contributed by atoms with Crippen LogP contribution in [0.3, 0.4) is 0 Å². The van der Waals surface area contributed by atoms with Crippen molar-refractivity contribution in [3.8, 4) is 0 Å². The average Bonchev–Trinajstić information content (AvgIpc) is 3.01. The van der Waals surface area contributed by atoms with Gasteiger partial charge >= 0.3 is 80.9 Å². The molecule has 0 atom stereocenters. The summed E-state index contributed by atoms with van der Waals surface area (Å²) in [6.45, 7) is 0. The molecule has 6 rings (SSSR count). The molecule has 0 spiro atoms. The van der Waals surface area contributed by atoms with Gasteiger partial charge in [0.25, 0.3) is 0 Å². The molecule has 0 amide bonds. The fraction of sp³-hybridized carbons (Fsp3) is 0. The quantitative estimate of drug-likeness (QED) is 0.170. The Morgan fingerprint density at radius 1 is 0.225 bits per heavy atom. The Morgan fingerprint density at radius 2 is 0.350 bits per heavy atom. The van der Waals surface area contributed by atoms with Crippen LogP contribution in [0, 0.1) is 11.8 Å². The molecule has 0 fully saturated rings. The van der Waals surface area contributed by atoms with E-state index in [1.165, 1.54) is 45.2 Å². The Morgan fingerprint density at radius 3 is 0.475 bits per heavy atom. The summed E-state index contributed by atoms with van der Waals surface area (Å²) < 4.78 is 0. The SMILES string of the molecule is [K+].[Na+].c1ccc([C-](c2ccccc2)c2ccccc2)cc1.c1ccc([C-](c2ccccc2)c2ccccc2)cc1. The second kappa shape index (κ2) is 17.5. The van der Waals surface area contributed by atoms with Crippen molar-refractivity contribution in [3.05, 3.63) is 227 Å². The van der Waals surface area contributed by atoms with Crippen LogP contribution in [0.2, 0.25) is 0 Å². The minimum Gasteiger partial charge on any atom is -0.0999 e. The summed E-state index contributed by atoms with van der Waals surface area (Å²) >= 11 is 0. The molecule has 6 aromatic carbocycles. The summed E-state index contributed by atoms with van der Waals surface area (Å²) in [5.74, 6) is 2.56. The molecule has 0 aliphatic carbocycles. The molecule has 184 valence electrons. The van der Waals surface area contributed by atoms with Crippen molar-refractivity contribution in [1.29, 1.82) is 0 Å². The van der Waals surface area contributed by atoms with Crippen LogP contribution in [-0.2, 0) is 0 Å². The first-order chi connectivity index (χ1) is 18.9. The molecule has 0 N–H and O–H groups in total. The van der Waals surface area contributed by atoms with Gasteiger partial charge in [-0.25, -0.2) is 0 Å². The standard InChI is InChI=1S/2C19H15.K.Na/c2*1-4-10-16(11-5-1)19(17-12-6-2-7-13-17)18-14-8-3-9-15-18;;/h2*1-15H;;/q2*-1;2*+1. The number of hydrogen-bond donors (Lipinski definition) is 0. The molecule has 0 heterocycles. The first kappa shape index (κ1) is 32.2. The fourth-order valence-electron chi connectivity index (χ4n) is 4.63. The average molecular weight is 549 g/mol. The van der Waals surface area contributed by atoms with Gasteiger partial charge in [0.2, 0.25) is 0 Å². The Bertz CT molecular complexity index is 1170. The Kier molecular flexibility index (Phi) is 14.1. The smallest absolute Gasteiger partial charge is 0.0999 e. The Hall–Kier alpha value is -2.30. The van der Waals surface area contributed by atoms with Crippen LogP contribution in [0.1, 0.15) is 33.4 Å². The van der Waals surface area contributed by atoms with E-state index in [9.17, 15) is 0 Å². The van der Waals surface area contributed by atoms with Gasteiger partial charge in [0.05, 0.1) is 0 Å². The van der Waals surface area contributed by atoms with Crippen molar-refractivity contribution in [3.63, 3.8) is 0 Å². The molecule has 0 aliphatic heterocycles. The summed E-state index contributed by atoms with van der Waals surface area (Å²) in [6.07, 6.45) is 0. The van der Waals surface area contributed by atoms with E-state index >= 15 is 0 Å². The van der Waals surface area contributed by atoms with E-state index < -0.39 is 0 Å². The van der Waals surface area contributed by atoms with Gasteiger partial charge in [0.15, 0.2) is 0 Å². The molecule has 0 saturated carbocycles. The predicted octanol–water partition coefficient (Wildman–Crippen LogP) is 3.42. The van der Waals surface area contributed by atoms with Crippen molar-refractivity contribution in [1.82, 2.24) is 0 Å². The van der Waals surface area contributed by atoms with Gasteiger partial charge in [-0.1, -0.05) is 227 Å². The van der Waals surface area contributed by atoms with E-state index in [4.69, 9.17) is 0 Å². The third-order valence-electron chi connectivity index (χ3n) is 6.37. The van der Waals surface area contributed by atoms with E-state index in [1.54, 1.807) is 0 Å². The van der Waals surface area contributed by atoms with E-state index in [-0.39, 0.29) is 80.9 Å². The first-order valence-electron chi connectivity index (χ1n) is 13.0. The normalized spacial score (nSPS) is 9.60. The molecule has 0 bridgehead atoms. The zero-order chi connectivity index (χ0) is 25.8. The largest absolute Gasteiger partial charge is 1.00 e. The minimum absolute atomic E-state index is 0. The molecular weight excluding hydrogens is 519 g/mol. The summed E-state index contributed by atoms with van der Waals surface area (Å²) in [7, 11) is 0. The van der Waals surface area contributed by atoms with Crippen LogP contribution in [-0.4, -0.2) is 0 Å². The molecule has 0 unspecified atom stereocenters. The number of hydrogen-bond acceptors (Lipinski definition) is 0.